The van der Waals surface area contributed by atoms with Crippen LogP contribution < -0.4 is 0 Å². The van der Waals surface area contributed by atoms with Gasteiger partial charge >= 0.3 is 0 Å². The summed E-state index contributed by atoms with van der Waals surface area (Å²) in [6.45, 7) is 7.32. The molecule has 0 aliphatic rings. The molecule has 0 aromatic rings. The van der Waals surface area contributed by atoms with Gasteiger partial charge in [0.1, 0.15) is 0 Å². The number of halogens is 1. The van der Waals surface area contributed by atoms with E-state index in [9.17, 15) is 0 Å². The average Bonchev–Trinajstić information content (AvgIpc) is 1.68. The maximum Gasteiger partial charge on any atom is 0.00356 e. The van der Waals surface area contributed by atoms with Gasteiger partial charge in [0.05, 0.1) is 0 Å². The van der Waals surface area contributed by atoms with Crippen molar-refractivity contribution in [2.75, 3.05) is 4.43 Å². The third-order valence-corrected chi connectivity index (χ3v) is 1.24. The van der Waals surface area contributed by atoms with E-state index in [-0.39, 0.29) is 0 Å². The van der Waals surface area contributed by atoms with Gasteiger partial charge in [-0.05, 0) is 6.42 Å². The zero-order valence-corrected chi connectivity index (χ0v) is 6.44. The Hall–Kier alpha value is 0.210. The van der Waals surface area contributed by atoms with E-state index in [2.05, 4.69) is 35.7 Å². The van der Waals surface area contributed by atoms with E-state index in [0.717, 1.165) is 16.4 Å². The molecule has 0 rings (SSSR count). The minimum Gasteiger partial charge on any atom is -0.0988 e. The average molecular weight is 208 g/mol. The summed E-state index contributed by atoms with van der Waals surface area (Å²) < 4.78 is 1.14. The molecule has 0 spiro atoms. The van der Waals surface area contributed by atoms with E-state index in [0.29, 0.717) is 0 Å². The standard InChI is InChI=1S/C6H9I/c1-3-6(2)4-5-7/h3H,1-2,4-5H2. The van der Waals surface area contributed by atoms with Gasteiger partial charge in [0.2, 0.25) is 0 Å². The van der Waals surface area contributed by atoms with Crippen LogP contribution in [0.3, 0.4) is 0 Å². The lowest BCUT2D eigenvalue weighted by molar-refractivity contribution is 1.20. The molecular formula is C6H9I. The van der Waals surface area contributed by atoms with Crippen LogP contribution >= 0.6 is 22.6 Å². The number of rotatable bonds is 3. The smallest absolute Gasteiger partial charge is 0.00356 e. The van der Waals surface area contributed by atoms with Crippen molar-refractivity contribution in [3.8, 4) is 0 Å². The molecule has 0 atom stereocenters. The molecule has 0 bridgehead atoms. The Labute approximate surface area is 58.4 Å². The van der Waals surface area contributed by atoms with Crippen LogP contribution in [0.15, 0.2) is 24.8 Å². The fourth-order valence-corrected chi connectivity index (χ4v) is 0.916. The van der Waals surface area contributed by atoms with Gasteiger partial charge < -0.3 is 0 Å². The SMILES string of the molecule is C=CC(=C)CCI. The van der Waals surface area contributed by atoms with E-state index in [1.54, 1.807) is 6.08 Å². The summed E-state index contributed by atoms with van der Waals surface area (Å²) in [5.74, 6) is 0. The van der Waals surface area contributed by atoms with Gasteiger partial charge in [-0.3, -0.25) is 0 Å². The van der Waals surface area contributed by atoms with Crippen LogP contribution in [0.1, 0.15) is 6.42 Å². The Balaban J connectivity index is 3.17. The maximum absolute atomic E-state index is 3.74. The summed E-state index contributed by atoms with van der Waals surface area (Å²) in [4.78, 5) is 0. The van der Waals surface area contributed by atoms with Gasteiger partial charge in [0, 0.05) is 4.43 Å². The van der Waals surface area contributed by atoms with E-state index in [1.807, 2.05) is 0 Å². The third-order valence-electron chi connectivity index (χ3n) is 0.704. The van der Waals surface area contributed by atoms with Gasteiger partial charge in [-0.2, -0.15) is 0 Å². The topological polar surface area (TPSA) is 0 Å². The lowest BCUT2D eigenvalue weighted by Gasteiger charge is -1.88. The summed E-state index contributed by atoms with van der Waals surface area (Å²) in [6, 6.07) is 0. The Bertz CT molecular complexity index is 74.2. The number of hydrogen-bond donors (Lipinski definition) is 0. The second-order valence-corrected chi connectivity index (χ2v) is 2.38. The Morgan fingerprint density at radius 2 is 2.29 bits per heavy atom. The van der Waals surface area contributed by atoms with Crippen LogP contribution in [0.25, 0.3) is 0 Å². The molecule has 1 heteroatoms. The highest BCUT2D eigenvalue weighted by atomic mass is 127. The molecule has 0 fully saturated rings. The molecule has 0 unspecified atom stereocenters. The van der Waals surface area contributed by atoms with Crippen molar-refractivity contribution in [3.05, 3.63) is 24.8 Å². The minimum atomic E-state index is 1.07. The first-order valence-corrected chi connectivity index (χ1v) is 3.70. The van der Waals surface area contributed by atoms with Crippen LogP contribution in [0.4, 0.5) is 0 Å². The minimum absolute atomic E-state index is 1.07. The van der Waals surface area contributed by atoms with E-state index < -0.39 is 0 Å². The Kier molecular flexibility index (Phi) is 4.50. The van der Waals surface area contributed by atoms with Gasteiger partial charge in [-0.1, -0.05) is 47.4 Å². The quantitative estimate of drug-likeness (QED) is 0.379. The number of alkyl halides is 1. The Morgan fingerprint density at radius 1 is 1.71 bits per heavy atom. The second kappa shape index (κ2) is 4.37. The van der Waals surface area contributed by atoms with Crippen molar-refractivity contribution in [1.29, 1.82) is 0 Å². The van der Waals surface area contributed by atoms with Crippen molar-refractivity contribution < 1.29 is 0 Å². The largest absolute Gasteiger partial charge is 0.0988 e. The molecule has 40 valence electrons. The predicted octanol–water partition coefficient (Wildman–Crippen LogP) is 2.55. The highest BCUT2D eigenvalue weighted by Crippen LogP contribution is 2.00. The zero-order chi connectivity index (χ0) is 5.70. The van der Waals surface area contributed by atoms with Crippen LogP contribution in [-0.2, 0) is 0 Å². The van der Waals surface area contributed by atoms with Crippen molar-refractivity contribution in [1.82, 2.24) is 0 Å². The lowest BCUT2D eigenvalue weighted by Crippen LogP contribution is -1.73. The zero-order valence-electron chi connectivity index (χ0n) is 4.28. The molecule has 0 aromatic heterocycles. The molecule has 0 aromatic carbocycles. The summed E-state index contributed by atoms with van der Waals surface area (Å²) in [6.07, 6.45) is 2.88. The van der Waals surface area contributed by atoms with Crippen molar-refractivity contribution in [2.45, 2.75) is 6.42 Å². The maximum atomic E-state index is 3.74. The number of hydrogen-bond acceptors (Lipinski definition) is 0. The van der Waals surface area contributed by atoms with Crippen molar-refractivity contribution in [3.63, 3.8) is 0 Å². The highest BCUT2D eigenvalue weighted by molar-refractivity contribution is 14.1. The molecule has 7 heavy (non-hydrogen) atoms. The first kappa shape index (κ1) is 7.21. The fraction of sp³-hybridized carbons (Fsp3) is 0.333. The van der Waals surface area contributed by atoms with Crippen LogP contribution in [0.2, 0.25) is 0 Å². The predicted molar refractivity (Wildman–Crippen MR) is 42.8 cm³/mol. The molecule has 0 saturated heterocycles. The summed E-state index contributed by atoms with van der Waals surface area (Å²) in [7, 11) is 0. The fourth-order valence-electron chi connectivity index (χ4n) is 0.223. The summed E-state index contributed by atoms with van der Waals surface area (Å²) in [5, 5.41) is 0. The van der Waals surface area contributed by atoms with Gasteiger partial charge in [0.25, 0.3) is 0 Å². The molecule has 0 aliphatic heterocycles. The van der Waals surface area contributed by atoms with Crippen LogP contribution in [0.5, 0.6) is 0 Å². The van der Waals surface area contributed by atoms with Crippen molar-refractivity contribution in [2.24, 2.45) is 0 Å². The first-order valence-electron chi connectivity index (χ1n) is 2.17. The van der Waals surface area contributed by atoms with Gasteiger partial charge in [0.15, 0.2) is 0 Å². The monoisotopic (exact) mass is 208 g/mol. The highest BCUT2D eigenvalue weighted by Gasteiger charge is 1.80. The van der Waals surface area contributed by atoms with E-state index in [1.165, 1.54) is 0 Å². The first-order chi connectivity index (χ1) is 3.31. The van der Waals surface area contributed by atoms with E-state index >= 15 is 0 Å². The molecule has 0 nitrogen and oxygen atoms in total. The lowest BCUT2D eigenvalue weighted by atomic mass is 10.2. The molecule has 0 aliphatic carbocycles. The summed E-state index contributed by atoms with van der Waals surface area (Å²) in [5.41, 5.74) is 1.13. The van der Waals surface area contributed by atoms with Crippen LogP contribution in [0, 0.1) is 0 Å². The third kappa shape index (κ3) is 4.05. The molecule has 0 N–H and O–H groups in total. The van der Waals surface area contributed by atoms with Crippen molar-refractivity contribution >= 4 is 22.6 Å². The normalized spacial score (nSPS) is 8.14. The second-order valence-electron chi connectivity index (χ2n) is 1.30. The molecule has 0 amide bonds. The van der Waals surface area contributed by atoms with Crippen LogP contribution in [-0.4, -0.2) is 4.43 Å². The molecule has 0 heterocycles. The van der Waals surface area contributed by atoms with Gasteiger partial charge in [-0.25, -0.2) is 0 Å². The molecule has 0 radical (unpaired) electrons. The summed E-state index contributed by atoms with van der Waals surface area (Å²) >= 11 is 2.32. The van der Waals surface area contributed by atoms with E-state index in [4.69, 9.17) is 0 Å². The molecule has 0 saturated carbocycles. The molecular weight excluding hydrogens is 199 g/mol. The number of allylic oxidation sites excluding steroid dienone is 2. The Morgan fingerprint density at radius 3 is 2.43 bits per heavy atom. The van der Waals surface area contributed by atoms with Gasteiger partial charge in [-0.15, -0.1) is 0 Å².